The van der Waals surface area contributed by atoms with Crippen molar-refractivity contribution in [2.45, 2.75) is 6.54 Å². The molecule has 7 nitrogen and oxygen atoms in total. The predicted octanol–water partition coefficient (Wildman–Crippen LogP) is -0.282. The molecule has 0 saturated carbocycles. The largest absolute Gasteiger partial charge is 0.399 e. The molecule has 1 heterocycles. The molecule has 1 aliphatic heterocycles. The van der Waals surface area contributed by atoms with Crippen LogP contribution in [-0.2, 0) is 26.4 Å². The normalized spacial score (nSPS) is 18.4. The molecule has 22 heavy (non-hydrogen) atoms. The van der Waals surface area contributed by atoms with Gasteiger partial charge in [0, 0.05) is 44.7 Å². The quantitative estimate of drug-likeness (QED) is 0.735. The number of nitrogens with two attached hydrogens (primary N) is 1. The van der Waals surface area contributed by atoms with Crippen molar-refractivity contribution < 1.29 is 16.8 Å². The summed E-state index contributed by atoms with van der Waals surface area (Å²) in [5.41, 5.74) is 7.46. The fraction of sp³-hybridized carbons (Fsp3) is 0.538. The van der Waals surface area contributed by atoms with Crippen molar-refractivity contribution in [2.75, 3.05) is 43.3 Å². The van der Waals surface area contributed by atoms with Crippen molar-refractivity contribution in [2.24, 2.45) is 0 Å². The lowest BCUT2D eigenvalue weighted by molar-refractivity contribution is 0.182. The van der Waals surface area contributed by atoms with Gasteiger partial charge in [-0.05, 0) is 17.7 Å². The molecule has 1 aliphatic rings. The van der Waals surface area contributed by atoms with Gasteiger partial charge in [-0.3, -0.25) is 4.90 Å². The third kappa shape index (κ3) is 4.94. The van der Waals surface area contributed by atoms with Gasteiger partial charge in [0.15, 0.2) is 14.9 Å². The molecule has 0 aromatic heterocycles. The van der Waals surface area contributed by atoms with Gasteiger partial charge in [-0.1, -0.05) is 12.1 Å². The maximum absolute atomic E-state index is 12.0. The Hall–Kier alpha value is -1.16. The van der Waals surface area contributed by atoms with E-state index in [-0.39, 0.29) is 0 Å². The highest BCUT2D eigenvalue weighted by molar-refractivity contribution is 8.06. The van der Waals surface area contributed by atoms with Crippen LogP contribution in [0.4, 0.5) is 5.69 Å². The van der Waals surface area contributed by atoms with Gasteiger partial charge in [0.2, 0.25) is 10.0 Å². The third-order valence-electron chi connectivity index (χ3n) is 3.47. The molecule has 2 N–H and O–H groups in total. The van der Waals surface area contributed by atoms with E-state index >= 15 is 0 Å². The fourth-order valence-corrected chi connectivity index (χ4v) is 5.87. The Morgan fingerprint density at radius 1 is 1.00 bits per heavy atom. The molecule has 2 rings (SSSR count). The monoisotopic (exact) mass is 347 g/mol. The summed E-state index contributed by atoms with van der Waals surface area (Å²) >= 11 is 0. The summed E-state index contributed by atoms with van der Waals surface area (Å²) in [5.74, 6) is 0. The van der Waals surface area contributed by atoms with E-state index in [1.54, 1.807) is 0 Å². The lowest BCUT2D eigenvalue weighted by atomic mass is 10.2. The zero-order valence-electron chi connectivity index (χ0n) is 12.5. The van der Waals surface area contributed by atoms with Gasteiger partial charge >= 0.3 is 0 Å². The second kappa shape index (κ2) is 6.53. The SMILES string of the molecule is CS(=O)(=O)CS(=O)(=O)N1CCN(Cc2ccc(N)cc2)CC1. The van der Waals surface area contributed by atoms with Gasteiger partial charge in [0.05, 0.1) is 0 Å². The van der Waals surface area contributed by atoms with Gasteiger partial charge in [0.1, 0.15) is 0 Å². The molecule has 0 bridgehead atoms. The number of benzene rings is 1. The van der Waals surface area contributed by atoms with E-state index in [2.05, 4.69) is 4.90 Å². The number of anilines is 1. The number of hydrogen-bond acceptors (Lipinski definition) is 6. The minimum absolute atomic E-state index is 0.312. The van der Waals surface area contributed by atoms with Gasteiger partial charge < -0.3 is 5.73 Å². The summed E-state index contributed by atoms with van der Waals surface area (Å²) in [6.07, 6.45) is 0.932. The summed E-state index contributed by atoms with van der Waals surface area (Å²) in [6, 6.07) is 7.56. The van der Waals surface area contributed by atoms with E-state index in [0.717, 1.165) is 18.4 Å². The molecule has 0 atom stereocenters. The first-order valence-electron chi connectivity index (χ1n) is 6.88. The molecular weight excluding hydrogens is 326 g/mol. The van der Waals surface area contributed by atoms with Gasteiger partial charge in [-0.15, -0.1) is 0 Å². The van der Waals surface area contributed by atoms with E-state index < -0.39 is 24.9 Å². The topological polar surface area (TPSA) is 101 Å². The second-order valence-corrected chi connectivity index (χ2v) is 10.0. The molecule has 1 saturated heterocycles. The molecule has 0 amide bonds. The van der Waals surface area contributed by atoms with E-state index in [1.807, 2.05) is 24.3 Å². The molecule has 0 aliphatic carbocycles. The van der Waals surface area contributed by atoms with Crippen molar-refractivity contribution in [3.63, 3.8) is 0 Å². The number of piperazine rings is 1. The molecule has 124 valence electrons. The van der Waals surface area contributed by atoms with E-state index in [9.17, 15) is 16.8 Å². The lowest BCUT2D eigenvalue weighted by Gasteiger charge is -2.33. The van der Waals surface area contributed by atoms with Crippen LogP contribution in [0.1, 0.15) is 5.56 Å². The van der Waals surface area contributed by atoms with E-state index in [0.29, 0.717) is 31.9 Å². The highest BCUT2D eigenvalue weighted by Gasteiger charge is 2.29. The molecule has 1 aromatic rings. The second-order valence-electron chi connectivity index (χ2n) is 5.57. The minimum Gasteiger partial charge on any atom is -0.399 e. The number of nitrogen functional groups attached to an aromatic ring is 1. The van der Waals surface area contributed by atoms with Crippen LogP contribution >= 0.6 is 0 Å². The molecule has 0 radical (unpaired) electrons. The maximum atomic E-state index is 12.0. The molecule has 0 unspecified atom stereocenters. The van der Waals surface area contributed by atoms with Crippen LogP contribution in [0.2, 0.25) is 0 Å². The highest BCUT2D eigenvalue weighted by atomic mass is 32.3. The lowest BCUT2D eigenvalue weighted by Crippen LogP contribution is -2.49. The number of nitrogens with zero attached hydrogens (tertiary/aromatic N) is 2. The van der Waals surface area contributed by atoms with Crippen LogP contribution in [0.5, 0.6) is 0 Å². The Balaban J connectivity index is 1.91. The van der Waals surface area contributed by atoms with Crippen LogP contribution in [0.25, 0.3) is 0 Å². The summed E-state index contributed by atoms with van der Waals surface area (Å²) in [6.45, 7) is 2.50. The third-order valence-corrected chi connectivity index (χ3v) is 7.53. The Morgan fingerprint density at radius 3 is 2.05 bits per heavy atom. The van der Waals surface area contributed by atoms with E-state index in [4.69, 9.17) is 5.73 Å². The molecule has 1 aromatic carbocycles. The average molecular weight is 347 g/mol. The van der Waals surface area contributed by atoms with Gasteiger partial charge in [0.25, 0.3) is 0 Å². The van der Waals surface area contributed by atoms with Crippen molar-refractivity contribution >= 4 is 25.5 Å². The number of sulfone groups is 1. The first-order chi connectivity index (χ1) is 10.2. The van der Waals surface area contributed by atoms with Crippen LogP contribution in [0.15, 0.2) is 24.3 Å². The Morgan fingerprint density at radius 2 is 1.55 bits per heavy atom. The zero-order chi connectivity index (χ0) is 16.4. The zero-order valence-corrected chi connectivity index (χ0v) is 14.1. The molecule has 1 fully saturated rings. The van der Waals surface area contributed by atoms with Gasteiger partial charge in [-0.25, -0.2) is 16.8 Å². The first-order valence-corrected chi connectivity index (χ1v) is 10.5. The minimum atomic E-state index is -3.74. The number of sulfonamides is 1. The molecule has 9 heteroatoms. The number of rotatable bonds is 5. The molecule has 0 spiro atoms. The van der Waals surface area contributed by atoms with Crippen LogP contribution in [0, 0.1) is 0 Å². The van der Waals surface area contributed by atoms with Crippen molar-refractivity contribution in [3.8, 4) is 0 Å². The summed E-state index contributed by atoms with van der Waals surface area (Å²) in [5, 5.41) is -0.821. The van der Waals surface area contributed by atoms with Crippen molar-refractivity contribution in [3.05, 3.63) is 29.8 Å². The van der Waals surface area contributed by atoms with Crippen molar-refractivity contribution in [1.29, 1.82) is 0 Å². The first kappa shape index (κ1) is 17.2. The van der Waals surface area contributed by atoms with Crippen LogP contribution in [0.3, 0.4) is 0 Å². The smallest absolute Gasteiger partial charge is 0.228 e. The molecular formula is C13H21N3O4S2. The Bertz CT molecular complexity index is 706. The van der Waals surface area contributed by atoms with Crippen molar-refractivity contribution in [1.82, 2.24) is 9.21 Å². The standard InChI is InChI=1S/C13H21N3O4S2/c1-21(17,18)11-22(19,20)16-8-6-15(7-9-16)10-12-2-4-13(14)5-3-12/h2-5H,6-11,14H2,1H3. The summed E-state index contributed by atoms with van der Waals surface area (Å²) < 4.78 is 47.7. The van der Waals surface area contributed by atoms with Crippen LogP contribution in [-0.4, -0.2) is 63.6 Å². The number of hydrogen-bond donors (Lipinski definition) is 1. The van der Waals surface area contributed by atoms with E-state index in [1.165, 1.54) is 4.31 Å². The summed E-state index contributed by atoms with van der Waals surface area (Å²) in [4.78, 5) is 2.14. The fourth-order valence-electron chi connectivity index (χ4n) is 2.39. The van der Waals surface area contributed by atoms with Gasteiger partial charge in [-0.2, -0.15) is 4.31 Å². The Labute approximate surface area is 131 Å². The van der Waals surface area contributed by atoms with Crippen LogP contribution < -0.4 is 5.73 Å². The highest BCUT2D eigenvalue weighted by Crippen LogP contribution is 2.13. The summed E-state index contributed by atoms with van der Waals surface area (Å²) in [7, 11) is -7.29. The maximum Gasteiger partial charge on any atom is 0.228 e. The average Bonchev–Trinajstić information content (AvgIpc) is 2.39. The predicted molar refractivity (Wildman–Crippen MR) is 86.3 cm³/mol. The Kier molecular flexibility index (Phi) is 5.10.